The number of urea groups is 1. The number of anilines is 3. The number of aryl methyl sites for hydroxylation is 4. The molecule has 2 aliphatic heterocycles. The van der Waals surface area contributed by atoms with E-state index in [1.54, 1.807) is 27.8 Å². The van der Waals surface area contributed by atoms with Gasteiger partial charge in [0, 0.05) is 36.7 Å². The predicted octanol–water partition coefficient (Wildman–Crippen LogP) is 3.79. The molecular formula is C28H35N7O3. The Hall–Kier alpha value is -4.08. The molecule has 5 rings (SSSR count). The van der Waals surface area contributed by atoms with Crippen molar-refractivity contribution in [2.45, 2.75) is 46.0 Å². The number of benzene rings is 1. The molecule has 0 unspecified atom stereocenters. The SMILES string of the molecule is Cc1cc(C)n(-c2cc(N)cc(N(CC(=O)O)C(=O)N3CC[C@@H](CCc4ccc5c(n4)NCCC5)C3)c2)n1. The summed E-state index contributed by atoms with van der Waals surface area (Å²) in [4.78, 5) is 33.2. The van der Waals surface area contributed by atoms with Crippen LogP contribution in [0.1, 0.15) is 41.9 Å². The highest BCUT2D eigenvalue weighted by Gasteiger charge is 2.31. The van der Waals surface area contributed by atoms with Crippen LogP contribution in [-0.4, -0.2) is 63.0 Å². The van der Waals surface area contributed by atoms with Crippen LogP contribution in [0.25, 0.3) is 5.69 Å². The topological polar surface area (TPSA) is 130 Å². The fourth-order valence-electron chi connectivity index (χ4n) is 5.46. The van der Waals surface area contributed by atoms with Crippen LogP contribution in [0, 0.1) is 19.8 Å². The Bertz CT molecular complexity index is 1350. The van der Waals surface area contributed by atoms with E-state index in [2.05, 4.69) is 22.5 Å². The third-order valence-electron chi connectivity index (χ3n) is 7.33. The summed E-state index contributed by atoms with van der Waals surface area (Å²) in [6, 6.07) is 11.1. The van der Waals surface area contributed by atoms with Crippen LogP contribution < -0.4 is 16.0 Å². The number of nitrogens with zero attached hydrogens (tertiary/aromatic N) is 5. The van der Waals surface area contributed by atoms with Gasteiger partial charge in [-0.25, -0.2) is 14.5 Å². The normalized spacial score (nSPS) is 16.7. The zero-order valence-corrected chi connectivity index (χ0v) is 22.0. The van der Waals surface area contributed by atoms with Crippen LogP contribution in [-0.2, 0) is 17.6 Å². The predicted molar refractivity (Wildman–Crippen MR) is 147 cm³/mol. The van der Waals surface area contributed by atoms with E-state index in [1.807, 2.05) is 19.9 Å². The first-order valence-electron chi connectivity index (χ1n) is 13.2. The monoisotopic (exact) mass is 517 g/mol. The van der Waals surface area contributed by atoms with E-state index in [-0.39, 0.29) is 6.03 Å². The molecule has 2 amide bonds. The summed E-state index contributed by atoms with van der Waals surface area (Å²) >= 11 is 0. The summed E-state index contributed by atoms with van der Waals surface area (Å²) in [6.45, 7) is 5.52. The molecule has 3 aromatic rings. The lowest BCUT2D eigenvalue weighted by Gasteiger charge is -2.27. The van der Waals surface area contributed by atoms with Crippen molar-refractivity contribution in [3.63, 3.8) is 0 Å². The number of aliphatic carboxylic acids is 1. The van der Waals surface area contributed by atoms with Crippen molar-refractivity contribution in [1.82, 2.24) is 19.7 Å². The smallest absolute Gasteiger partial charge is 0.325 e. The van der Waals surface area contributed by atoms with E-state index >= 15 is 0 Å². The zero-order valence-electron chi connectivity index (χ0n) is 22.0. The Labute approximate surface area is 222 Å². The third kappa shape index (κ3) is 5.58. The minimum atomic E-state index is -1.09. The van der Waals surface area contributed by atoms with Crippen LogP contribution >= 0.6 is 0 Å². The minimum Gasteiger partial charge on any atom is -0.480 e. The van der Waals surface area contributed by atoms with Crippen molar-refractivity contribution in [3.05, 3.63) is 59.0 Å². The Balaban J connectivity index is 1.28. The molecule has 200 valence electrons. The van der Waals surface area contributed by atoms with Gasteiger partial charge >= 0.3 is 12.0 Å². The molecule has 0 aliphatic carbocycles. The van der Waals surface area contributed by atoms with Gasteiger partial charge < -0.3 is 21.1 Å². The highest BCUT2D eigenvalue weighted by atomic mass is 16.4. The van der Waals surface area contributed by atoms with Gasteiger partial charge in [0.1, 0.15) is 12.4 Å². The number of hydrogen-bond donors (Lipinski definition) is 3. The van der Waals surface area contributed by atoms with Crippen LogP contribution in [0.4, 0.5) is 22.0 Å². The van der Waals surface area contributed by atoms with Crippen molar-refractivity contribution >= 4 is 29.2 Å². The summed E-state index contributed by atoms with van der Waals surface area (Å²) in [5.41, 5.74) is 11.8. The van der Waals surface area contributed by atoms with Gasteiger partial charge in [0.05, 0.1) is 17.1 Å². The van der Waals surface area contributed by atoms with Crippen molar-refractivity contribution in [3.8, 4) is 5.69 Å². The van der Waals surface area contributed by atoms with Gasteiger partial charge in [0.25, 0.3) is 0 Å². The number of amides is 2. The van der Waals surface area contributed by atoms with Gasteiger partial charge in [-0.2, -0.15) is 5.10 Å². The number of carbonyl (C=O) groups excluding carboxylic acids is 1. The minimum absolute atomic E-state index is 0.323. The van der Waals surface area contributed by atoms with E-state index < -0.39 is 12.5 Å². The number of nitrogen functional groups attached to an aromatic ring is 1. The Morgan fingerprint density at radius 1 is 1.21 bits per heavy atom. The number of carboxylic acid groups (broad SMARTS) is 1. The molecule has 4 N–H and O–H groups in total. The van der Waals surface area contributed by atoms with E-state index in [0.29, 0.717) is 36.1 Å². The number of rotatable bonds is 7. The highest BCUT2D eigenvalue weighted by molar-refractivity contribution is 5.97. The lowest BCUT2D eigenvalue weighted by atomic mass is 10.00. The number of nitrogens with one attached hydrogen (secondary N) is 1. The molecule has 1 aromatic carbocycles. The second kappa shape index (κ2) is 10.7. The number of aromatic nitrogens is 3. The van der Waals surface area contributed by atoms with E-state index in [0.717, 1.165) is 61.5 Å². The highest BCUT2D eigenvalue weighted by Crippen LogP contribution is 2.28. The van der Waals surface area contributed by atoms with Crippen LogP contribution in [0.5, 0.6) is 0 Å². The summed E-state index contributed by atoms with van der Waals surface area (Å²) in [5, 5.41) is 17.5. The van der Waals surface area contributed by atoms with Crippen molar-refractivity contribution in [1.29, 1.82) is 0 Å². The second-order valence-corrected chi connectivity index (χ2v) is 10.4. The Morgan fingerprint density at radius 3 is 2.82 bits per heavy atom. The van der Waals surface area contributed by atoms with E-state index in [9.17, 15) is 14.7 Å². The third-order valence-corrected chi connectivity index (χ3v) is 7.33. The molecule has 10 nitrogen and oxygen atoms in total. The first-order chi connectivity index (χ1) is 18.3. The van der Waals surface area contributed by atoms with Crippen LogP contribution in [0.2, 0.25) is 0 Å². The standard InChI is InChI=1S/C28H35N7O3/c1-18-12-19(2)35(32-18)25-14-22(29)13-24(15-25)34(17-26(36)37)28(38)33-11-9-20(16-33)5-7-23-8-6-21-4-3-10-30-27(21)31-23/h6,8,12-15,20H,3-5,7,9-11,16-17,29H2,1-2H3,(H,30,31)(H,36,37)/t20-/m1/s1. The molecule has 0 bridgehead atoms. The van der Waals surface area contributed by atoms with Crippen LogP contribution in [0.3, 0.4) is 0 Å². The Kier molecular flexibility index (Phi) is 7.22. The molecule has 2 aliphatic rings. The maximum atomic E-state index is 13.6. The number of hydrogen-bond acceptors (Lipinski definition) is 6. The number of carboxylic acids is 1. The molecule has 1 saturated heterocycles. The molecule has 4 heterocycles. The summed E-state index contributed by atoms with van der Waals surface area (Å²) in [5.74, 6) is 0.252. The molecule has 38 heavy (non-hydrogen) atoms. The van der Waals surface area contributed by atoms with E-state index in [1.165, 1.54) is 10.5 Å². The van der Waals surface area contributed by atoms with Crippen LogP contribution in [0.15, 0.2) is 36.4 Å². The fraction of sp³-hybridized carbons (Fsp3) is 0.429. The second-order valence-electron chi connectivity index (χ2n) is 10.4. The number of likely N-dealkylation sites (tertiary alicyclic amines) is 1. The van der Waals surface area contributed by atoms with Gasteiger partial charge in [-0.15, -0.1) is 0 Å². The van der Waals surface area contributed by atoms with E-state index in [4.69, 9.17) is 10.7 Å². The average molecular weight is 518 g/mol. The Morgan fingerprint density at radius 2 is 2.05 bits per heavy atom. The molecule has 0 radical (unpaired) electrons. The molecule has 2 aromatic heterocycles. The van der Waals surface area contributed by atoms with Crippen molar-refractivity contribution < 1.29 is 14.7 Å². The molecule has 0 saturated carbocycles. The fourth-order valence-corrected chi connectivity index (χ4v) is 5.46. The van der Waals surface area contributed by atoms with Gasteiger partial charge in [-0.1, -0.05) is 6.07 Å². The zero-order chi connectivity index (χ0) is 26.8. The number of carbonyl (C=O) groups is 2. The maximum absolute atomic E-state index is 13.6. The summed E-state index contributed by atoms with van der Waals surface area (Å²) in [7, 11) is 0. The molecule has 1 fully saturated rings. The van der Waals surface area contributed by atoms with Gasteiger partial charge in [0.2, 0.25) is 0 Å². The molecule has 1 atom stereocenters. The molecule has 10 heteroatoms. The molecule has 0 spiro atoms. The lowest BCUT2D eigenvalue weighted by molar-refractivity contribution is -0.135. The first kappa shape index (κ1) is 25.6. The van der Waals surface area contributed by atoms with Gasteiger partial charge in [0.15, 0.2) is 0 Å². The van der Waals surface area contributed by atoms with Gasteiger partial charge in [-0.3, -0.25) is 9.69 Å². The lowest BCUT2D eigenvalue weighted by Crippen LogP contribution is -2.44. The summed E-state index contributed by atoms with van der Waals surface area (Å²) in [6.07, 6.45) is 4.86. The van der Waals surface area contributed by atoms with Crippen molar-refractivity contribution in [2.75, 3.05) is 42.1 Å². The van der Waals surface area contributed by atoms with Crippen molar-refractivity contribution in [2.24, 2.45) is 5.92 Å². The average Bonchev–Trinajstić information content (AvgIpc) is 3.50. The largest absolute Gasteiger partial charge is 0.480 e. The number of fused-ring (bicyclic) bond motifs is 1. The quantitative estimate of drug-likeness (QED) is 0.407. The first-order valence-corrected chi connectivity index (χ1v) is 13.2. The number of pyridine rings is 1. The molecular weight excluding hydrogens is 482 g/mol. The maximum Gasteiger partial charge on any atom is 0.325 e. The summed E-state index contributed by atoms with van der Waals surface area (Å²) < 4.78 is 1.74. The number of nitrogens with two attached hydrogens (primary N) is 1. The van der Waals surface area contributed by atoms with Gasteiger partial charge in [-0.05, 0) is 87.8 Å².